The quantitative estimate of drug-likeness (QED) is 0.844. The van der Waals surface area contributed by atoms with Gasteiger partial charge in [-0.05, 0) is 61.8 Å². The summed E-state index contributed by atoms with van der Waals surface area (Å²) < 4.78 is 5.58. The molecule has 154 valence electrons. The second-order valence-electron chi connectivity index (χ2n) is 9.07. The highest BCUT2D eigenvalue weighted by molar-refractivity contribution is 5.74. The molecule has 0 aromatic heterocycles. The molecule has 6 nitrogen and oxygen atoms in total. The van der Waals surface area contributed by atoms with E-state index in [1.165, 1.54) is 18.5 Å². The molecule has 2 amide bonds. The Morgan fingerprint density at radius 1 is 1.29 bits per heavy atom. The second-order valence-corrected chi connectivity index (χ2v) is 9.07. The van der Waals surface area contributed by atoms with Crippen molar-refractivity contribution in [1.82, 2.24) is 9.80 Å². The second kappa shape index (κ2) is 7.47. The maximum absolute atomic E-state index is 12.7. The molecule has 2 aliphatic heterocycles. The highest BCUT2D eigenvalue weighted by atomic mass is 16.5. The van der Waals surface area contributed by atoms with Crippen LogP contribution in [0, 0.1) is 11.3 Å². The summed E-state index contributed by atoms with van der Waals surface area (Å²) in [5.41, 5.74) is 1.61. The summed E-state index contributed by atoms with van der Waals surface area (Å²) in [5.74, 6) is 1.37. The average molecular weight is 388 g/mol. The van der Waals surface area contributed by atoms with E-state index in [4.69, 9.17) is 4.74 Å². The number of β-amino-alcohol motifs (C(OH)–C–C–N with tert-alkyl or cyclic N) is 1. The number of carbonyl (C=O) groups excluding carboxylic acids is 1. The molecule has 0 radical (unpaired) electrons. The first kappa shape index (κ1) is 19.4. The maximum Gasteiger partial charge on any atom is 0.319 e. The third kappa shape index (κ3) is 3.79. The van der Waals surface area contributed by atoms with Gasteiger partial charge in [-0.1, -0.05) is 6.92 Å². The van der Waals surface area contributed by atoms with Crippen molar-refractivity contribution in [3.8, 4) is 5.75 Å². The number of carbonyl (C=O) groups is 1. The van der Waals surface area contributed by atoms with Crippen molar-refractivity contribution >= 4 is 11.7 Å². The van der Waals surface area contributed by atoms with Crippen LogP contribution in [0.25, 0.3) is 0 Å². The summed E-state index contributed by atoms with van der Waals surface area (Å²) in [5, 5.41) is 9.71. The molecule has 3 aliphatic rings. The molecule has 6 heteroatoms. The SMILES string of the molecule is CCOc1ccc(N2CC(CN(C)C(=O)N3CCC(O)C3)CC3(C)CC23)cc1. The molecule has 4 atom stereocenters. The molecule has 1 aromatic carbocycles. The minimum Gasteiger partial charge on any atom is -0.494 e. The fourth-order valence-electron chi connectivity index (χ4n) is 5.15. The Labute approximate surface area is 168 Å². The molecule has 0 spiro atoms. The van der Waals surface area contributed by atoms with Gasteiger partial charge in [0.15, 0.2) is 0 Å². The lowest BCUT2D eigenvalue weighted by Crippen LogP contribution is -2.47. The lowest BCUT2D eigenvalue weighted by atomic mass is 9.88. The predicted molar refractivity (Wildman–Crippen MR) is 110 cm³/mol. The predicted octanol–water partition coefficient (Wildman–Crippen LogP) is 2.81. The largest absolute Gasteiger partial charge is 0.494 e. The number of urea groups is 1. The Morgan fingerprint density at radius 3 is 2.68 bits per heavy atom. The normalized spacial score (nSPS) is 31.5. The van der Waals surface area contributed by atoms with Crippen molar-refractivity contribution in [3.05, 3.63) is 24.3 Å². The van der Waals surface area contributed by atoms with Crippen LogP contribution in [0.5, 0.6) is 5.75 Å². The molecule has 4 rings (SSSR count). The molecule has 2 heterocycles. The lowest BCUT2D eigenvalue weighted by molar-refractivity contribution is 0.144. The van der Waals surface area contributed by atoms with Crippen LogP contribution in [-0.2, 0) is 0 Å². The number of ether oxygens (including phenoxy) is 1. The Morgan fingerprint density at radius 2 is 2.04 bits per heavy atom. The van der Waals surface area contributed by atoms with Crippen LogP contribution in [0.3, 0.4) is 0 Å². The number of fused-ring (bicyclic) bond motifs is 1. The number of nitrogens with zero attached hydrogens (tertiary/aromatic N) is 3. The van der Waals surface area contributed by atoms with Gasteiger partial charge in [0.2, 0.25) is 0 Å². The topological polar surface area (TPSA) is 56.2 Å². The molecule has 28 heavy (non-hydrogen) atoms. The number of anilines is 1. The van der Waals surface area contributed by atoms with Crippen molar-refractivity contribution in [2.75, 3.05) is 44.7 Å². The number of aliphatic hydroxyl groups is 1. The van der Waals surface area contributed by atoms with Gasteiger partial charge in [0.05, 0.1) is 12.7 Å². The van der Waals surface area contributed by atoms with Crippen LogP contribution in [0.1, 0.15) is 33.1 Å². The highest BCUT2D eigenvalue weighted by Crippen LogP contribution is 2.57. The number of aliphatic hydroxyl groups excluding tert-OH is 1. The van der Waals surface area contributed by atoms with Gasteiger partial charge in [-0.2, -0.15) is 0 Å². The number of likely N-dealkylation sites (tertiary alicyclic amines) is 1. The first-order chi connectivity index (χ1) is 13.4. The van der Waals surface area contributed by atoms with E-state index >= 15 is 0 Å². The van der Waals surface area contributed by atoms with Gasteiger partial charge in [0, 0.05) is 45.0 Å². The summed E-state index contributed by atoms with van der Waals surface area (Å²) in [6.07, 6.45) is 2.72. The number of piperidine rings is 1. The molecule has 1 aliphatic carbocycles. The van der Waals surface area contributed by atoms with Crippen molar-refractivity contribution in [2.24, 2.45) is 11.3 Å². The van der Waals surface area contributed by atoms with Gasteiger partial charge >= 0.3 is 6.03 Å². The van der Waals surface area contributed by atoms with E-state index < -0.39 is 0 Å². The van der Waals surface area contributed by atoms with Crippen LogP contribution in [-0.4, -0.2) is 72.9 Å². The number of benzene rings is 1. The molecule has 1 aromatic rings. The van der Waals surface area contributed by atoms with Gasteiger partial charge < -0.3 is 24.5 Å². The van der Waals surface area contributed by atoms with Crippen molar-refractivity contribution in [1.29, 1.82) is 0 Å². The Kier molecular flexibility index (Phi) is 5.17. The highest BCUT2D eigenvalue weighted by Gasteiger charge is 2.57. The Balaban J connectivity index is 1.40. The zero-order valence-corrected chi connectivity index (χ0v) is 17.3. The van der Waals surface area contributed by atoms with E-state index in [0.29, 0.717) is 43.5 Å². The summed E-state index contributed by atoms with van der Waals surface area (Å²) in [7, 11) is 1.90. The van der Waals surface area contributed by atoms with E-state index in [1.54, 1.807) is 4.90 Å². The van der Waals surface area contributed by atoms with Crippen molar-refractivity contribution < 1.29 is 14.6 Å². The third-order valence-electron chi connectivity index (χ3n) is 6.66. The van der Waals surface area contributed by atoms with E-state index in [1.807, 2.05) is 18.9 Å². The maximum atomic E-state index is 12.7. The van der Waals surface area contributed by atoms with Crippen molar-refractivity contribution in [2.45, 2.75) is 45.3 Å². The summed E-state index contributed by atoms with van der Waals surface area (Å²) >= 11 is 0. The Bertz CT molecular complexity index is 709. The standard InChI is InChI=1S/C22H33N3O3/c1-4-28-19-7-5-17(6-8-19)25-14-16(11-22(2)12-20(22)25)13-23(3)21(27)24-10-9-18(26)15-24/h5-8,16,18,20,26H,4,9-15H2,1-3H3. The molecule has 3 fully saturated rings. The van der Waals surface area contributed by atoms with Crippen LogP contribution in [0.4, 0.5) is 10.5 Å². The van der Waals surface area contributed by atoms with Crippen LogP contribution < -0.4 is 9.64 Å². The fourth-order valence-corrected chi connectivity index (χ4v) is 5.15. The van der Waals surface area contributed by atoms with E-state index in [0.717, 1.165) is 18.8 Å². The summed E-state index contributed by atoms with van der Waals surface area (Å²) in [4.78, 5) is 18.9. The number of hydrogen-bond donors (Lipinski definition) is 1. The van der Waals surface area contributed by atoms with E-state index in [-0.39, 0.29) is 12.1 Å². The molecule has 4 unspecified atom stereocenters. The summed E-state index contributed by atoms with van der Waals surface area (Å²) in [6.45, 7) is 7.93. The van der Waals surface area contributed by atoms with Gasteiger partial charge in [-0.3, -0.25) is 0 Å². The molecule has 2 saturated heterocycles. The first-order valence-corrected chi connectivity index (χ1v) is 10.6. The van der Waals surface area contributed by atoms with E-state index in [2.05, 4.69) is 36.1 Å². The summed E-state index contributed by atoms with van der Waals surface area (Å²) in [6, 6.07) is 9.08. The smallest absolute Gasteiger partial charge is 0.319 e. The van der Waals surface area contributed by atoms with Gasteiger partial charge in [0.25, 0.3) is 0 Å². The molecule has 1 saturated carbocycles. The van der Waals surface area contributed by atoms with Crippen LogP contribution in [0.15, 0.2) is 24.3 Å². The van der Waals surface area contributed by atoms with Gasteiger partial charge in [-0.15, -0.1) is 0 Å². The fraction of sp³-hybridized carbons (Fsp3) is 0.682. The molecular formula is C22H33N3O3. The third-order valence-corrected chi connectivity index (χ3v) is 6.66. The monoisotopic (exact) mass is 387 g/mol. The lowest BCUT2D eigenvalue weighted by Gasteiger charge is -2.39. The minimum atomic E-state index is -0.367. The van der Waals surface area contributed by atoms with E-state index in [9.17, 15) is 9.90 Å². The van der Waals surface area contributed by atoms with Crippen LogP contribution >= 0.6 is 0 Å². The van der Waals surface area contributed by atoms with Gasteiger partial charge in [0.1, 0.15) is 5.75 Å². The van der Waals surface area contributed by atoms with Crippen molar-refractivity contribution in [3.63, 3.8) is 0 Å². The molecule has 0 bridgehead atoms. The van der Waals surface area contributed by atoms with Crippen LogP contribution in [0.2, 0.25) is 0 Å². The zero-order chi connectivity index (χ0) is 19.9. The number of hydrogen-bond acceptors (Lipinski definition) is 4. The molecular weight excluding hydrogens is 354 g/mol. The average Bonchev–Trinajstić information content (AvgIpc) is 3.17. The first-order valence-electron chi connectivity index (χ1n) is 10.6. The zero-order valence-electron chi connectivity index (χ0n) is 17.3. The number of rotatable bonds is 5. The number of amides is 2. The van der Waals surface area contributed by atoms with Gasteiger partial charge in [-0.25, -0.2) is 4.79 Å². The minimum absolute atomic E-state index is 0.0484. The molecule has 1 N–H and O–H groups in total. The Hall–Kier alpha value is -1.95.